The van der Waals surface area contributed by atoms with E-state index in [9.17, 15) is 0 Å². The molecule has 6 nitrogen and oxygen atoms in total. The SMILES string of the molecule is CCNC(=NCc1nc(C)c(C)s1)NCCOc1cccnc1. The van der Waals surface area contributed by atoms with Crippen LogP contribution in [0.25, 0.3) is 0 Å². The number of guanidine groups is 1. The van der Waals surface area contributed by atoms with E-state index in [0.717, 1.165) is 29.0 Å². The number of hydrogen-bond acceptors (Lipinski definition) is 5. The number of pyridine rings is 1. The van der Waals surface area contributed by atoms with E-state index in [1.165, 1.54) is 4.88 Å². The summed E-state index contributed by atoms with van der Waals surface area (Å²) in [5.74, 6) is 1.54. The fourth-order valence-electron chi connectivity index (χ4n) is 1.87. The quantitative estimate of drug-likeness (QED) is 0.462. The third-order valence-corrected chi connectivity index (χ3v) is 4.14. The zero-order valence-corrected chi connectivity index (χ0v) is 14.6. The molecule has 0 atom stereocenters. The van der Waals surface area contributed by atoms with Crippen molar-refractivity contribution in [3.05, 3.63) is 40.1 Å². The van der Waals surface area contributed by atoms with Crippen molar-refractivity contribution in [2.75, 3.05) is 19.7 Å². The monoisotopic (exact) mass is 333 g/mol. The fraction of sp³-hybridized carbons (Fsp3) is 0.438. The maximum Gasteiger partial charge on any atom is 0.191 e. The molecule has 0 aromatic carbocycles. The van der Waals surface area contributed by atoms with Crippen LogP contribution < -0.4 is 15.4 Å². The Bertz CT molecular complexity index is 607. The normalized spacial score (nSPS) is 11.3. The Kier molecular flexibility index (Phi) is 6.80. The molecule has 2 aromatic heterocycles. The summed E-state index contributed by atoms with van der Waals surface area (Å²) >= 11 is 1.69. The molecule has 2 N–H and O–H groups in total. The van der Waals surface area contributed by atoms with Crippen molar-refractivity contribution in [1.82, 2.24) is 20.6 Å². The minimum atomic E-state index is 0.547. The van der Waals surface area contributed by atoms with Gasteiger partial charge in [0, 0.05) is 17.6 Å². The van der Waals surface area contributed by atoms with Crippen LogP contribution in [0.1, 0.15) is 22.5 Å². The first-order valence-corrected chi connectivity index (χ1v) is 8.48. The van der Waals surface area contributed by atoms with Crippen LogP contribution in [0.4, 0.5) is 0 Å². The van der Waals surface area contributed by atoms with Gasteiger partial charge in [-0.05, 0) is 32.9 Å². The van der Waals surface area contributed by atoms with Crippen molar-refractivity contribution in [3.63, 3.8) is 0 Å². The first-order valence-electron chi connectivity index (χ1n) is 7.67. The molecule has 0 bridgehead atoms. The van der Waals surface area contributed by atoms with Crippen molar-refractivity contribution < 1.29 is 4.74 Å². The zero-order chi connectivity index (χ0) is 16.5. The van der Waals surface area contributed by atoms with E-state index >= 15 is 0 Å². The number of aryl methyl sites for hydroxylation is 2. The average molecular weight is 333 g/mol. The Labute approximate surface area is 141 Å². The first-order chi connectivity index (χ1) is 11.2. The molecule has 0 spiro atoms. The van der Waals surface area contributed by atoms with Crippen molar-refractivity contribution in [3.8, 4) is 5.75 Å². The van der Waals surface area contributed by atoms with Crippen molar-refractivity contribution >= 4 is 17.3 Å². The molecule has 124 valence electrons. The highest BCUT2D eigenvalue weighted by Gasteiger charge is 2.03. The van der Waals surface area contributed by atoms with Gasteiger partial charge in [-0.25, -0.2) is 9.98 Å². The third kappa shape index (κ3) is 5.86. The van der Waals surface area contributed by atoms with Gasteiger partial charge in [-0.1, -0.05) is 0 Å². The predicted octanol–water partition coefficient (Wildman–Crippen LogP) is 2.29. The maximum absolute atomic E-state index is 5.60. The number of hydrogen-bond donors (Lipinski definition) is 2. The second-order valence-electron chi connectivity index (χ2n) is 4.91. The van der Waals surface area contributed by atoms with Crippen LogP contribution in [0.2, 0.25) is 0 Å². The summed E-state index contributed by atoms with van der Waals surface area (Å²) in [6, 6.07) is 3.74. The summed E-state index contributed by atoms with van der Waals surface area (Å²) in [6.07, 6.45) is 3.43. The Morgan fingerprint density at radius 1 is 1.35 bits per heavy atom. The minimum Gasteiger partial charge on any atom is -0.490 e. The number of aromatic nitrogens is 2. The smallest absolute Gasteiger partial charge is 0.191 e. The molecule has 0 aliphatic carbocycles. The van der Waals surface area contributed by atoms with E-state index in [2.05, 4.69) is 32.5 Å². The Hall–Kier alpha value is -2.15. The number of rotatable bonds is 7. The van der Waals surface area contributed by atoms with Gasteiger partial charge in [-0.2, -0.15) is 0 Å². The van der Waals surface area contributed by atoms with E-state index in [4.69, 9.17) is 4.74 Å². The molecule has 7 heteroatoms. The molecule has 0 radical (unpaired) electrons. The number of ether oxygens (including phenoxy) is 1. The predicted molar refractivity (Wildman–Crippen MR) is 94.1 cm³/mol. The zero-order valence-electron chi connectivity index (χ0n) is 13.8. The van der Waals surface area contributed by atoms with Crippen molar-refractivity contribution in [1.29, 1.82) is 0 Å². The summed E-state index contributed by atoms with van der Waals surface area (Å²) in [4.78, 5) is 14.3. The largest absolute Gasteiger partial charge is 0.490 e. The van der Waals surface area contributed by atoms with Crippen LogP contribution in [0.5, 0.6) is 5.75 Å². The van der Waals surface area contributed by atoms with Crippen LogP contribution >= 0.6 is 11.3 Å². The topological polar surface area (TPSA) is 71.4 Å². The third-order valence-electron chi connectivity index (χ3n) is 3.09. The molecule has 2 aromatic rings. The molecule has 0 fully saturated rings. The summed E-state index contributed by atoms with van der Waals surface area (Å²) in [6.45, 7) is 8.75. The summed E-state index contributed by atoms with van der Waals surface area (Å²) in [5, 5.41) is 7.51. The van der Waals surface area contributed by atoms with Gasteiger partial charge in [0.15, 0.2) is 5.96 Å². The molecule has 0 aliphatic rings. The van der Waals surface area contributed by atoms with E-state index in [0.29, 0.717) is 19.7 Å². The van der Waals surface area contributed by atoms with Crippen LogP contribution in [0, 0.1) is 13.8 Å². The Morgan fingerprint density at radius 2 is 2.22 bits per heavy atom. The standard InChI is InChI=1S/C16H23N5OS/c1-4-18-16(20-11-15-21-12(2)13(3)23-15)19-8-9-22-14-6-5-7-17-10-14/h5-7,10H,4,8-9,11H2,1-3H3,(H2,18,19,20). The Morgan fingerprint density at radius 3 is 2.87 bits per heavy atom. The van der Waals surface area contributed by atoms with Gasteiger partial charge in [-0.15, -0.1) is 11.3 Å². The van der Waals surface area contributed by atoms with Crippen LogP contribution in [-0.2, 0) is 6.54 Å². The number of thiazole rings is 1. The molecule has 2 rings (SSSR count). The fourth-order valence-corrected chi connectivity index (χ4v) is 2.72. The minimum absolute atomic E-state index is 0.547. The molecule has 0 unspecified atom stereocenters. The van der Waals surface area contributed by atoms with Gasteiger partial charge in [0.1, 0.15) is 17.4 Å². The summed E-state index contributed by atoms with van der Waals surface area (Å²) in [5.41, 5.74) is 1.09. The highest BCUT2D eigenvalue weighted by molar-refractivity contribution is 7.11. The summed E-state index contributed by atoms with van der Waals surface area (Å²) in [7, 11) is 0. The average Bonchev–Trinajstić information content (AvgIpc) is 2.88. The molecular weight excluding hydrogens is 310 g/mol. The van der Waals surface area contributed by atoms with Crippen LogP contribution in [0.3, 0.4) is 0 Å². The number of nitrogens with zero attached hydrogens (tertiary/aromatic N) is 3. The molecule has 0 aliphatic heterocycles. The number of nitrogens with one attached hydrogen (secondary N) is 2. The molecular formula is C16H23N5OS. The second kappa shape index (κ2) is 9.09. The van der Waals surface area contributed by atoms with Gasteiger partial charge in [0.05, 0.1) is 25.0 Å². The van der Waals surface area contributed by atoms with E-state index in [-0.39, 0.29) is 0 Å². The lowest BCUT2D eigenvalue weighted by molar-refractivity contribution is 0.320. The molecule has 0 saturated carbocycles. The van der Waals surface area contributed by atoms with Crippen molar-refractivity contribution in [2.45, 2.75) is 27.3 Å². The first kappa shape index (κ1) is 17.2. The van der Waals surface area contributed by atoms with E-state index in [1.54, 1.807) is 23.7 Å². The highest BCUT2D eigenvalue weighted by atomic mass is 32.1. The van der Waals surface area contributed by atoms with Gasteiger partial charge >= 0.3 is 0 Å². The van der Waals surface area contributed by atoms with Crippen LogP contribution in [-0.4, -0.2) is 35.6 Å². The Balaban J connectivity index is 1.79. The lowest BCUT2D eigenvalue weighted by Crippen LogP contribution is -2.39. The lowest BCUT2D eigenvalue weighted by Gasteiger charge is -2.11. The van der Waals surface area contributed by atoms with Crippen molar-refractivity contribution in [2.24, 2.45) is 4.99 Å². The summed E-state index contributed by atoms with van der Waals surface area (Å²) < 4.78 is 5.60. The van der Waals surface area contributed by atoms with Gasteiger partial charge in [0.25, 0.3) is 0 Å². The highest BCUT2D eigenvalue weighted by Crippen LogP contribution is 2.16. The molecule has 0 saturated heterocycles. The van der Waals surface area contributed by atoms with Gasteiger partial charge in [-0.3, -0.25) is 4.98 Å². The molecule has 23 heavy (non-hydrogen) atoms. The van der Waals surface area contributed by atoms with E-state index < -0.39 is 0 Å². The van der Waals surface area contributed by atoms with Gasteiger partial charge < -0.3 is 15.4 Å². The number of aliphatic imine (C=N–C) groups is 1. The second-order valence-corrected chi connectivity index (χ2v) is 6.20. The van der Waals surface area contributed by atoms with Gasteiger partial charge in [0.2, 0.25) is 0 Å². The maximum atomic E-state index is 5.60. The lowest BCUT2D eigenvalue weighted by atomic mass is 10.4. The van der Waals surface area contributed by atoms with Crippen LogP contribution in [0.15, 0.2) is 29.5 Å². The van der Waals surface area contributed by atoms with E-state index in [1.807, 2.05) is 26.0 Å². The molecule has 0 amide bonds. The molecule has 2 heterocycles.